The number of piperidine rings is 1. The second kappa shape index (κ2) is 7.01. The molecule has 0 unspecified atom stereocenters. The molecule has 3 aromatic rings. The zero-order chi connectivity index (χ0) is 18.9. The molecule has 27 heavy (non-hydrogen) atoms. The number of rotatable bonds is 4. The Labute approximate surface area is 153 Å². The van der Waals surface area contributed by atoms with Crippen molar-refractivity contribution in [3.63, 3.8) is 0 Å². The van der Waals surface area contributed by atoms with E-state index < -0.39 is 12.0 Å². The molecule has 4 rings (SSSR count). The number of nitrogens with zero attached hydrogens (tertiary/aromatic N) is 5. The van der Waals surface area contributed by atoms with E-state index in [1.807, 2.05) is 12.1 Å². The number of aromatic amines is 1. The van der Waals surface area contributed by atoms with Crippen molar-refractivity contribution in [2.75, 3.05) is 29.9 Å². The molecule has 4 heterocycles. The van der Waals surface area contributed by atoms with Crippen LogP contribution in [0.4, 0.5) is 24.7 Å². The minimum atomic E-state index is -4.61. The topological polar surface area (TPSA) is 82.6 Å². The largest absolute Gasteiger partial charge is 0.451 e. The summed E-state index contributed by atoms with van der Waals surface area (Å²) in [6, 6.07) is 3.96. The average molecular weight is 377 g/mol. The Morgan fingerprint density at radius 3 is 2.59 bits per heavy atom. The molecule has 0 bridgehead atoms. The maximum absolute atomic E-state index is 13.0. The number of aromatic nitrogens is 5. The van der Waals surface area contributed by atoms with Crippen molar-refractivity contribution in [2.24, 2.45) is 5.92 Å². The average Bonchev–Trinajstić information content (AvgIpc) is 3.15. The van der Waals surface area contributed by atoms with Crippen LogP contribution in [0.3, 0.4) is 0 Å². The van der Waals surface area contributed by atoms with Gasteiger partial charge in [-0.3, -0.25) is 4.98 Å². The summed E-state index contributed by atoms with van der Waals surface area (Å²) in [6.07, 6.45) is 2.13. The molecule has 1 aliphatic rings. The summed E-state index contributed by atoms with van der Waals surface area (Å²) in [5.74, 6) is -0.691. The summed E-state index contributed by atoms with van der Waals surface area (Å²) in [5, 5.41) is 3.06. The van der Waals surface area contributed by atoms with Crippen molar-refractivity contribution < 1.29 is 13.2 Å². The molecular formula is C17H18F3N7. The summed E-state index contributed by atoms with van der Waals surface area (Å²) in [4.78, 5) is 20.1. The Hall–Kier alpha value is -2.91. The highest BCUT2D eigenvalue weighted by Crippen LogP contribution is 2.30. The molecule has 142 valence electrons. The van der Waals surface area contributed by atoms with E-state index in [1.54, 1.807) is 12.4 Å². The van der Waals surface area contributed by atoms with Crippen LogP contribution in [0.5, 0.6) is 0 Å². The normalized spacial score (nSPS) is 16.0. The van der Waals surface area contributed by atoms with Gasteiger partial charge in [-0.15, -0.1) is 0 Å². The highest BCUT2D eigenvalue weighted by molar-refractivity contribution is 5.82. The number of H-pyrrole nitrogens is 1. The lowest BCUT2D eigenvalue weighted by molar-refractivity contribution is -0.144. The zero-order valence-corrected chi connectivity index (χ0v) is 14.4. The van der Waals surface area contributed by atoms with Gasteiger partial charge >= 0.3 is 6.18 Å². The van der Waals surface area contributed by atoms with Crippen LogP contribution in [-0.4, -0.2) is 44.6 Å². The van der Waals surface area contributed by atoms with Crippen molar-refractivity contribution in [3.05, 3.63) is 36.7 Å². The molecular weight excluding hydrogens is 359 g/mol. The van der Waals surface area contributed by atoms with Gasteiger partial charge in [0.15, 0.2) is 11.5 Å². The van der Waals surface area contributed by atoms with Crippen LogP contribution in [-0.2, 0) is 6.18 Å². The third-order valence-electron chi connectivity index (χ3n) is 4.74. The maximum atomic E-state index is 13.0. The highest BCUT2D eigenvalue weighted by Gasteiger charge is 2.36. The molecule has 1 fully saturated rings. The zero-order valence-electron chi connectivity index (χ0n) is 14.4. The second-order valence-electron chi connectivity index (χ2n) is 6.51. The van der Waals surface area contributed by atoms with Gasteiger partial charge in [-0.1, -0.05) is 0 Å². The third kappa shape index (κ3) is 3.79. The fourth-order valence-corrected chi connectivity index (χ4v) is 3.28. The predicted octanol–water partition coefficient (Wildman–Crippen LogP) is 3.10. The van der Waals surface area contributed by atoms with Gasteiger partial charge in [0, 0.05) is 37.7 Å². The van der Waals surface area contributed by atoms with Gasteiger partial charge in [0.25, 0.3) is 0 Å². The molecule has 2 N–H and O–H groups in total. The van der Waals surface area contributed by atoms with Gasteiger partial charge in [-0.25, -0.2) is 15.0 Å². The molecule has 0 aliphatic carbocycles. The van der Waals surface area contributed by atoms with Crippen LogP contribution in [0.1, 0.15) is 18.7 Å². The molecule has 3 aromatic heterocycles. The number of hydrogen-bond acceptors (Lipinski definition) is 6. The number of fused-ring (bicyclic) bond motifs is 1. The smallest absolute Gasteiger partial charge is 0.371 e. The molecule has 0 spiro atoms. The van der Waals surface area contributed by atoms with Gasteiger partial charge in [0.05, 0.1) is 6.33 Å². The molecule has 0 atom stereocenters. The van der Waals surface area contributed by atoms with Crippen LogP contribution in [0, 0.1) is 5.92 Å². The van der Waals surface area contributed by atoms with E-state index >= 15 is 0 Å². The first kappa shape index (κ1) is 17.5. The molecule has 10 heteroatoms. The first-order chi connectivity index (χ1) is 13.0. The lowest BCUT2D eigenvalue weighted by Gasteiger charge is -2.33. The fourth-order valence-electron chi connectivity index (χ4n) is 3.28. The van der Waals surface area contributed by atoms with Crippen LogP contribution in [0.2, 0.25) is 0 Å². The monoisotopic (exact) mass is 377 g/mol. The quantitative estimate of drug-likeness (QED) is 0.727. The van der Waals surface area contributed by atoms with Crippen molar-refractivity contribution in [1.29, 1.82) is 0 Å². The maximum Gasteiger partial charge on any atom is 0.451 e. The van der Waals surface area contributed by atoms with Gasteiger partial charge in [-0.2, -0.15) is 13.2 Å². The lowest BCUT2D eigenvalue weighted by atomic mass is 9.96. The number of hydrogen-bond donors (Lipinski definition) is 2. The van der Waals surface area contributed by atoms with Crippen LogP contribution in [0.15, 0.2) is 30.9 Å². The number of halogens is 3. The van der Waals surface area contributed by atoms with Gasteiger partial charge in [0.1, 0.15) is 5.52 Å². The highest BCUT2D eigenvalue weighted by atomic mass is 19.4. The van der Waals surface area contributed by atoms with E-state index in [0.29, 0.717) is 18.0 Å². The molecule has 1 aliphatic heterocycles. The van der Waals surface area contributed by atoms with E-state index in [2.05, 4.69) is 35.1 Å². The fraction of sp³-hybridized carbons (Fsp3) is 0.412. The van der Waals surface area contributed by atoms with E-state index in [0.717, 1.165) is 31.6 Å². The first-order valence-corrected chi connectivity index (χ1v) is 8.68. The number of imidazole rings is 1. The second-order valence-corrected chi connectivity index (χ2v) is 6.51. The minimum Gasteiger partial charge on any atom is -0.371 e. The van der Waals surface area contributed by atoms with Gasteiger partial charge in [-0.05, 0) is 30.9 Å². The van der Waals surface area contributed by atoms with E-state index in [9.17, 15) is 13.2 Å². The van der Waals surface area contributed by atoms with Crippen LogP contribution < -0.4 is 10.2 Å². The molecule has 0 aromatic carbocycles. The van der Waals surface area contributed by atoms with Crippen molar-refractivity contribution in [3.8, 4) is 0 Å². The predicted molar refractivity (Wildman–Crippen MR) is 94.3 cm³/mol. The summed E-state index contributed by atoms with van der Waals surface area (Å²) in [6.45, 7) is 2.34. The molecule has 0 saturated carbocycles. The summed E-state index contributed by atoms with van der Waals surface area (Å²) in [7, 11) is 0. The van der Waals surface area contributed by atoms with Crippen molar-refractivity contribution >= 4 is 22.7 Å². The Kier molecular flexibility index (Phi) is 4.54. The van der Waals surface area contributed by atoms with Crippen LogP contribution in [0.25, 0.3) is 11.2 Å². The van der Waals surface area contributed by atoms with Crippen molar-refractivity contribution in [2.45, 2.75) is 19.0 Å². The molecule has 0 amide bonds. The Morgan fingerprint density at radius 1 is 1.15 bits per heavy atom. The summed E-state index contributed by atoms with van der Waals surface area (Å²) < 4.78 is 39.0. The number of anilines is 2. The van der Waals surface area contributed by atoms with Crippen LogP contribution >= 0.6 is 0 Å². The lowest BCUT2D eigenvalue weighted by Crippen LogP contribution is -2.35. The first-order valence-electron chi connectivity index (χ1n) is 8.68. The summed E-state index contributed by atoms with van der Waals surface area (Å²) >= 11 is 0. The molecule has 1 saturated heterocycles. The number of alkyl halides is 3. The Bertz CT molecular complexity index is 902. The van der Waals surface area contributed by atoms with E-state index in [4.69, 9.17) is 0 Å². The Morgan fingerprint density at radius 2 is 1.89 bits per heavy atom. The molecule has 0 radical (unpaired) electrons. The number of pyridine rings is 1. The SMILES string of the molecule is FC(F)(F)c1nc(NCC2CCN(c3ccncc3)CC2)c2[nH]cnc2n1. The van der Waals surface area contributed by atoms with Gasteiger partial charge in [0.2, 0.25) is 5.82 Å². The summed E-state index contributed by atoms with van der Waals surface area (Å²) in [5.41, 5.74) is 1.53. The van der Waals surface area contributed by atoms with E-state index in [1.165, 1.54) is 6.33 Å². The number of nitrogens with one attached hydrogen (secondary N) is 2. The third-order valence-corrected chi connectivity index (χ3v) is 4.74. The Balaban J connectivity index is 1.42. The van der Waals surface area contributed by atoms with E-state index in [-0.39, 0.29) is 11.5 Å². The van der Waals surface area contributed by atoms with Crippen molar-refractivity contribution in [1.82, 2.24) is 24.9 Å². The molecule has 7 nitrogen and oxygen atoms in total. The van der Waals surface area contributed by atoms with Gasteiger partial charge < -0.3 is 15.2 Å². The standard InChI is InChI=1S/C17H18F3N7/c18-17(19,20)16-25-14(13-15(26-16)24-10-23-13)22-9-11-3-7-27(8-4-11)12-1-5-21-6-2-12/h1-2,5-6,10-11H,3-4,7-9H2,(H2,22,23,24,25,26). The minimum absolute atomic E-state index is 0.00679.